The van der Waals surface area contributed by atoms with Crippen LogP contribution in [0.1, 0.15) is 28.9 Å². The van der Waals surface area contributed by atoms with Crippen molar-refractivity contribution in [3.05, 3.63) is 46.7 Å². The lowest BCUT2D eigenvalue weighted by atomic mass is 10.1. The van der Waals surface area contributed by atoms with E-state index in [1.807, 2.05) is 24.0 Å². The van der Waals surface area contributed by atoms with Gasteiger partial charge in [-0.1, -0.05) is 11.6 Å². The molecule has 3 rings (SSSR count). The molecule has 0 unspecified atom stereocenters. The van der Waals surface area contributed by atoms with Gasteiger partial charge in [-0.05, 0) is 44.0 Å². The number of aryl methyl sites for hydroxylation is 1. The van der Waals surface area contributed by atoms with E-state index in [9.17, 15) is 4.79 Å². The van der Waals surface area contributed by atoms with Gasteiger partial charge in [0.1, 0.15) is 0 Å². The molecular weight excluding hydrogens is 335 g/mol. The molecule has 0 spiro atoms. The minimum absolute atomic E-state index is 0. The highest BCUT2D eigenvalue weighted by molar-refractivity contribution is 6.30. The molecule has 1 saturated heterocycles. The van der Waals surface area contributed by atoms with E-state index in [-0.39, 0.29) is 24.4 Å². The first-order chi connectivity index (χ1) is 10.5. The number of rotatable bonds is 2. The summed E-state index contributed by atoms with van der Waals surface area (Å²) in [5, 5.41) is 5.12. The Kier molecular flexibility index (Phi) is 5.68. The van der Waals surface area contributed by atoms with E-state index in [2.05, 4.69) is 5.10 Å². The monoisotopic (exact) mass is 354 g/mol. The molecule has 1 fully saturated rings. The number of carbonyl (C=O) groups excluding carboxylic acids is 1. The fourth-order valence-electron chi connectivity index (χ4n) is 2.67. The van der Waals surface area contributed by atoms with Crippen LogP contribution in [0.4, 0.5) is 0 Å². The largest absolute Gasteiger partial charge is 0.338 e. The predicted molar refractivity (Wildman–Crippen MR) is 93.7 cm³/mol. The van der Waals surface area contributed by atoms with Crippen LogP contribution in [0.15, 0.2) is 30.5 Å². The van der Waals surface area contributed by atoms with E-state index in [0.717, 1.165) is 24.2 Å². The number of aromatic nitrogens is 2. The number of benzene rings is 1. The van der Waals surface area contributed by atoms with Crippen molar-refractivity contribution in [2.24, 2.45) is 5.73 Å². The van der Waals surface area contributed by atoms with Crippen molar-refractivity contribution in [1.82, 2.24) is 14.7 Å². The number of piperidine rings is 1. The first kappa shape index (κ1) is 17.8. The van der Waals surface area contributed by atoms with E-state index in [1.165, 1.54) is 0 Å². The van der Waals surface area contributed by atoms with E-state index >= 15 is 0 Å². The molecule has 1 aliphatic rings. The van der Waals surface area contributed by atoms with Crippen LogP contribution in [0.5, 0.6) is 0 Å². The molecule has 1 aromatic heterocycles. The lowest BCUT2D eigenvalue weighted by Crippen LogP contribution is -2.42. The molecule has 7 heteroatoms. The molecule has 0 bridgehead atoms. The van der Waals surface area contributed by atoms with Crippen molar-refractivity contribution in [1.29, 1.82) is 0 Å². The van der Waals surface area contributed by atoms with Gasteiger partial charge in [-0.15, -0.1) is 12.4 Å². The quantitative estimate of drug-likeness (QED) is 0.901. The SMILES string of the molecule is Cc1nn(-c2ccc(Cl)cc2)cc1C(=O)N1CCC(N)CC1.Cl. The van der Waals surface area contributed by atoms with Crippen LogP contribution >= 0.6 is 24.0 Å². The molecule has 0 saturated carbocycles. The Morgan fingerprint density at radius 1 is 1.26 bits per heavy atom. The first-order valence-corrected chi connectivity index (χ1v) is 7.79. The van der Waals surface area contributed by atoms with Crippen LogP contribution in [-0.2, 0) is 0 Å². The van der Waals surface area contributed by atoms with Gasteiger partial charge in [0.2, 0.25) is 0 Å². The standard InChI is InChI=1S/C16H19ClN4O.ClH/c1-11-15(16(22)20-8-6-13(18)7-9-20)10-21(19-11)14-4-2-12(17)3-5-14;/h2-5,10,13H,6-9,18H2,1H3;1H. The molecule has 124 valence electrons. The van der Waals surface area contributed by atoms with Gasteiger partial charge in [0, 0.05) is 30.4 Å². The van der Waals surface area contributed by atoms with Gasteiger partial charge in [0.05, 0.1) is 16.9 Å². The van der Waals surface area contributed by atoms with Gasteiger partial charge in [-0.3, -0.25) is 4.79 Å². The van der Waals surface area contributed by atoms with Gasteiger partial charge in [-0.2, -0.15) is 5.10 Å². The first-order valence-electron chi connectivity index (χ1n) is 7.41. The Bertz CT molecular complexity index is 676. The predicted octanol–water partition coefficient (Wildman–Crippen LogP) is 2.82. The van der Waals surface area contributed by atoms with Crippen LogP contribution in [0, 0.1) is 6.92 Å². The van der Waals surface area contributed by atoms with E-state index in [4.69, 9.17) is 17.3 Å². The summed E-state index contributed by atoms with van der Waals surface area (Å²) in [4.78, 5) is 14.5. The summed E-state index contributed by atoms with van der Waals surface area (Å²) >= 11 is 5.90. The normalized spacial score (nSPS) is 15.3. The van der Waals surface area contributed by atoms with Crippen molar-refractivity contribution in [3.8, 4) is 5.69 Å². The van der Waals surface area contributed by atoms with Crippen molar-refractivity contribution in [2.75, 3.05) is 13.1 Å². The maximum atomic E-state index is 12.6. The van der Waals surface area contributed by atoms with Gasteiger partial charge in [-0.25, -0.2) is 4.68 Å². The molecule has 2 heterocycles. The Balaban J connectivity index is 0.00000192. The topological polar surface area (TPSA) is 64.2 Å². The second kappa shape index (κ2) is 7.34. The van der Waals surface area contributed by atoms with Crippen molar-refractivity contribution in [2.45, 2.75) is 25.8 Å². The second-order valence-electron chi connectivity index (χ2n) is 5.68. The molecule has 5 nitrogen and oxygen atoms in total. The molecule has 23 heavy (non-hydrogen) atoms. The molecule has 2 N–H and O–H groups in total. The molecule has 1 aliphatic heterocycles. The number of nitrogens with two attached hydrogens (primary N) is 1. The molecule has 1 aromatic carbocycles. The third-order valence-corrected chi connectivity index (χ3v) is 4.30. The number of amides is 1. The number of likely N-dealkylation sites (tertiary alicyclic amines) is 1. The smallest absolute Gasteiger partial charge is 0.257 e. The highest BCUT2D eigenvalue weighted by Crippen LogP contribution is 2.18. The Hall–Kier alpha value is -1.56. The summed E-state index contributed by atoms with van der Waals surface area (Å²) in [5.41, 5.74) is 8.15. The van der Waals surface area contributed by atoms with Gasteiger partial charge < -0.3 is 10.6 Å². The molecule has 0 atom stereocenters. The average Bonchev–Trinajstić information content (AvgIpc) is 2.90. The fourth-order valence-corrected chi connectivity index (χ4v) is 2.79. The highest BCUT2D eigenvalue weighted by Gasteiger charge is 2.24. The summed E-state index contributed by atoms with van der Waals surface area (Å²) in [5.74, 6) is 0.0320. The zero-order valence-corrected chi connectivity index (χ0v) is 14.5. The highest BCUT2D eigenvalue weighted by atomic mass is 35.5. The molecule has 0 aliphatic carbocycles. The maximum Gasteiger partial charge on any atom is 0.257 e. The lowest BCUT2D eigenvalue weighted by molar-refractivity contribution is 0.0714. The number of nitrogens with zero attached hydrogens (tertiary/aromatic N) is 3. The van der Waals surface area contributed by atoms with Gasteiger partial charge in [0.15, 0.2) is 0 Å². The number of hydrogen-bond donors (Lipinski definition) is 1. The van der Waals surface area contributed by atoms with Crippen LogP contribution in [0.3, 0.4) is 0 Å². The molecule has 0 radical (unpaired) electrons. The van der Waals surface area contributed by atoms with Crippen molar-refractivity contribution in [3.63, 3.8) is 0 Å². The van der Waals surface area contributed by atoms with Crippen molar-refractivity contribution >= 4 is 29.9 Å². The minimum Gasteiger partial charge on any atom is -0.338 e. The Morgan fingerprint density at radius 2 is 1.87 bits per heavy atom. The minimum atomic E-state index is 0. The molecular formula is C16H20Cl2N4O. The van der Waals surface area contributed by atoms with E-state index in [0.29, 0.717) is 23.7 Å². The average molecular weight is 355 g/mol. The Labute approximate surface area is 146 Å². The summed E-state index contributed by atoms with van der Waals surface area (Å²) in [7, 11) is 0. The van der Waals surface area contributed by atoms with Gasteiger partial charge >= 0.3 is 0 Å². The van der Waals surface area contributed by atoms with E-state index < -0.39 is 0 Å². The summed E-state index contributed by atoms with van der Waals surface area (Å²) in [6.45, 7) is 3.28. The summed E-state index contributed by atoms with van der Waals surface area (Å²) in [6.07, 6.45) is 3.50. The second-order valence-corrected chi connectivity index (χ2v) is 6.12. The van der Waals surface area contributed by atoms with Gasteiger partial charge in [0.25, 0.3) is 5.91 Å². The van der Waals surface area contributed by atoms with Crippen LogP contribution < -0.4 is 5.73 Å². The zero-order chi connectivity index (χ0) is 15.7. The van der Waals surface area contributed by atoms with Crippen LogP contribution in [-0.4, -0.2) is 39.7 Å². The maximum absolute atomic E-state index is 12.6. The van der Waals surface area contributed by atoms with Crippen LogP contribution in [0.25, 0.3) is 5.69 Å². The van der Waals surface area contributed by atoms with Crippen LogP contribution in [0.2, 0.25) is 5.02 Å². The third-order valence-electron chi connectivity index (χ3n) is 4.05. The summed E-state index contributed by atoms with van der Waals surface area (Å²) < 4.78 is 1.72. The zero-order valence-electron chi connectivity index (χ0n) is 12.9. The number of halogens is 2. The molecule has 1 amide bonds. The summed E-state index contributed by atoms with van der Waals surface area (Å²) in [6, 6.07) is 7.58. The third kappa shape index (κ3) is 3.86. The lowest BCUT2D eigenvalue weighted by Gasteiger charge is -2.30. The van der Waals surface area contributed by atoms with E-state index in [1.54, 1.807) is 23.0 Å². The number of carbonyl (C=O) groups is 1. The number of hydrogen-bond acceptors (Lipinski definition) is 3. The fraction of sp³-hybridized carbons (Fsp3) is 0.375. The van der Waals surface area contributed by atoms with Crippen molar-refractivity contribution < 1.29 is 4.79 Å². The Morgan fingerprint density at radius 3 is 2.48 bits per heavy atom. The molecule has 2 aromatic rings.